The number of carbonyl (C=O) groups is 2. The van der Waals surface area contributed by atoms with Crippen LogP contribution in [0.4, 0.5) is 0 Å². The van der Waals surface area contributed by atoms with E-state index in [9.17, 15) is 9.59 Å². The molecule has 128 valence electrons. The predicted molar refractivity (Wildman–Crippen MR) is 96.2 cm³/mol. The van der Waals surface area contributed by atoms with Crippen LogP contribution in [0.3, 0.4) is 0 Å². The Labute approximate surface area is 146 Å². The molecule has 2 rings (SSSR count). The van der Waals surface area contributed by atoms with E-state index in [0.717, 1.165) is 23.7 Å². The molecular weight excluding hydrogens is 322 g/mol. The molecule has 0 saturated carbocycles. The van der Waals surface area contributed by atoms with Gasteiger partial charge in [-0.05, 0) is 18.9 Å². The fourth-order valence-corrected chi connectivity index (χ4v) is 3.29. The summed E-state index contributed by atoms with van der Waals surface area (Å²) in [6, 6.07) is 7.33. The van der Waals surface area contributed by atoms with E-state index in [-0.39, 0.29) is 17.7 Å². The van der Waals surface area contributed by atoms with Gasteiger partial charge >= 0.3 is 0 Å². The zero-order chi connectivity index (χ0) is 17.5. The van der Waals surface area contributed by atoms with E-state index in [0.29, 0.717) is 11.3 Å². The Morgan fingerprint density at radius 1 is 1.29 bits per heavy atom. The van der Waals surface area contributed by atoms with Crippen LogP contribution in [-0.4, -0.2) is 27.0 Å². The van der Waals surface area contributed by atoms with Crippen LogP contribution >= 0.6 is 11.8 Å². The molecule has 0 radical (unpaired) electrons. The van der Waals surface area contributed by atoms with Crippen molar-refractivity contribution in [3.8, 4) is 0 Å². The van der Waals surface area contributed by atoms with E-state index in [2.05, 4.69) is 21.8 Å². The van der Waals surface area contributed by atoms with Crippen molar-refractivity contribution in [3.05, 3.63) is 47.8 Å². The Morgan fingerprint density at radius 3 is 2.62 bits per heavy atom. The molecule has 0 aliphatic carbocycles. The van der Waals surface area contributed by atoms with Crippen LogP contribution in [0.2, 0.25) is 0 Å². The second-order valence-corrected chi connectivity index (χ2v) is 6.60. The van der Waals surface area contributed by atoms with Crippen LogP contribution < -0.4 is 5.32 Å². The zero-order valence-corrected chi connectivity index (χ0v) is 15.1. The second kappa shape index (κ2) is 8.68. The van der Waals surface area contributed by atoms with Crippen LogP contribution in [0.15, 0.2) is 41.8 Å². The van der Waals surface area contributed by atoms with Crippen molar-refractivity contribution < 1.29 is 9.59 Å². The quantitative estimate of drug-likeness (QED) is 0.588. The first-order valence-electron chi connectivity index (χ1n) is 8.05. The van der Waals surface area contributed by atoms with Gasteiger partial charge in [0.1, 0.15) is 0 Å². The molecule has 0 saturated heterocycles. The number of imidazole rings is 1. The summed E-state index contributed by atoms with van der Waals surface area (Å²) in [5.41, 5.74) is 1.66. The smallest absolute Gasteiger partial charge is 0.217 e. The Morgan fingerprint density at radius 2 is 2.00 bits per heavy atom. The van der Waals surface area contributed by atoms with E-state index in [1.807, 2.05) is 37.4 Å². The molecule has 0 fully saturated rings. The van der Waals surface area contributed by atoms with Gasteiger partial charge < -0.3 is 9.88 Å². The highest BCUT2D eigenvalue weighted by atomic mass is 32.2. The minimum Gasteiger partial charge on any atom is -0.350 e. The number of nitrogens with zero attached hydrogens (tertiary/aromatic N) is 2. The molecule has 1 heterocycles. The third kappa shape index (κ3) is 4.96. The molecule has 1 N–H and O–H groups in total. The molecule has 0 aliphatic heterocycles. The largest absolute Gasteiger partial charge is 0.350 e. The Kier molecular flexibility index (Phi) is 6.61. The number of carbonyl (C=O) groups excluding carboxylic acids is 2. The third-order valence-corrected chi connectivity index (χ3v) is 4.63. The second-order valence-electron chi connectivity index (χ2n) is 5.66. The standard InChI is InChI=1S/C18H23N3O2S/c1-4-10-21-11-9-19-18(21)24-12-17(23)16-7-5-15(6-8-16)13(2)20-14(3)22/h5-9,11,13H,4,10,12H2,1-3H3,(H,20,22)/t13-/m0/s1. The van der Waals surface area contributed by atoms with E-state index in [4.69, 9.17) is 0 Å². The van der Waals surface area contributed by atoms with Crippen LogP contribution in [0.1, 0.15) is 49.2 Å². The maximum absolute atomic E-state index is 12.3. The molecule has 5 nitrogen and oxygen atoms in total. The molecular formula is C18H23N3O2S. The topological polar surface area (TPSA) is 64.0 Å². The van der Waals surface area contributed by atoms with Crippen molar-refractivity contribution in [1.82, 2.24) is 14.9 Å². The monoisotopic (exact) mass is 345 g/mol. The number of thioether (sulfide) groups is 1. The molecule has 1 amide bonds. The number of hydrogen-bond donors (Lipinski definition) is 1. The molecule has 6 heteroatoms. The summed E-state index contributed by atoms with van der Waals surface area (Å²) in [4.78, 5) is 27.7. The molecule has 1 atom stereocenters. The average Bonchev–Trinajstić information content (AvgIpc) is 3.00. The number of nitrogens with one attached hydrogen (secondary N) is 1. The molecule has 0 unspecified atom stereocenters. The molecule has 0 bridgehead atoms. The molecule has 1 aromatic heterocycles. The van der Waals surface area contributed by atoms with Gasteiger partial charge in [0.15, 0.2) is 10.9 Å². The van der Waals surface area contributed by atoms with Crippen molar-refractivity contribution in [2.75, 3.05) is 5.75 Å². The van der Waals surface area contributed by atoms with Gasteiger partial charge in [-0.2, -0.15) is 0 Å². The lowest BCUT2D eigenvalue weighted by Gasteiger charge is -2.13. The summed E-state index contributed by atoms with van der Waals surface area (Å²) in [6.07, 6.45) is 4.74. The number of rotatable bonds is 8. The highest BCUT2D eigenvalue weighted by Crippen LogP contribution is 2.19. The highest BCUT2D eigenvalue weighted by Gasteiger charge is 2.11. The average molecular weight is 345 g/mol. The van der Waals surface area contributed by atoms with Crippen molar-refractivity contribution in [2.24, 2.45) is 0 Å². The predicted octanol–water partition coefficient (Wildman–Crippen LogP) is 3.47. The summed E-state index contributed by atoms with van der Waals surface area (Å²) >= 11 is 1.46. The fraction of sp³-hybridized carbons (Fsp3) is 0.389. The van der Waals surface area contributed by atoms with Crippen LogP contribution in [0, 0.1) is 0 Å². The lowest BCUT2D eigenvalue weighted by Crippen LogP contribution is -2.23. The Bertz CT molecular complexity index is 695. The first kappa shape index (κ1) is 18.3. The van der Waals surface area contributed by atoms with Gasteiger partial charge in [0, 0.05) is 31.4 Å². The summed E-state index contributed by atoms with van der Waals surface area (Å²) in [7, 11) is 0. The fourth-order valence-electron chi connectivity index (χ4n) is 2.41. The number of hydrogen-bond acceptors (Lipinski definition) is 4. The first-order valence-corrected chi connectivity index (χ1v) is 9.04. The van der Waals surface area contributed by atoms with Gasteiger partial charge in [-0.25, -0.2) is 4.98 Å². The minimum absolute atomic E-state index is 0.0671. The van der Waals surface area contributed by atoms with Crippen molar-refractivity contribution in [1.29, 1.82) is 0 Å². The van der Waals surface area contributed by atoms with Crippen LogP contribution in [0.5, 0.6) is 0 Å². The number of benzene rings is 1. The molecule has 1 aromatic carbocycles. The van der Waals surface area contributed by atoms with Crippen LogP contribution in [0.25, 0.3) is 0 Å². The number of aryl methyl sites for hydroxylation is 1. The molecule has 24 heavy (non-hydrogen) atoms. The lowest BCUT2D eigenvalue weighted by atomic mass is 10.0. The number of aromatic nitrogens is 2. The molecule has 0 aliphatic rings. The maximum Gasteiger partial charge on any atom is 0.217 e. The summed E-state index contributed by atoms with van der Waals surface area (Å²) in [6.45, 7) is 6.44. The molecule has 2 aromatic rings. The van der Waals surface area contributed by atoms with Gasteiger partial charge in [-0.3, -0.25) is 9.59 Å². The van der Waals surface area contributed by atoms with E-state index in [1.54, 1.807) is 6.20 Å². The third-order valence-electron chi connectivity index (χ3n) is 3.63. The summed E-state index contributed by atoms with van der Waals surface area (Å²) in [5, 5.41) is 3.71. The highest BCUT2D eigenvalue weighted by molar-refractivity contribution is 7.99. The van der Waals surface area contributed by atoms with Crippen molar-refractivity contribution >= 4 is 23.5 Å². The van der Waals surface area contributed by atoms with Crippen molar-refractivity contribution in [2.45, 2.75) is 44.9 Å². The zero-order valence-electron chi connectivity index (χ0n) is 14.3. The first-order chi connectivity index (χ1) is 11.5. The van der Waals surface area contributed by atoms with Gasteiger partial charge in [-0.1, -0.05) is 43.0 Å². The maximum atomic E-state index is 12.3. The molecule has 0 spiro atoms. The Balaban J connectivity index is 1.95. The number of Topliss-reactive ketones (excluding diaryl/α,β-unsaturated/α-hetero) is 1. The van der Waals surface area contributed by atoms with Gasteiger partial charge in [0.25, 0.3) is 0 Å². The van der Waals surface area contributed by atoms with Gasteiger partial charge in [0.05, 0.1) is 11.8 Å². The van der Waals surface area contributed by atoms with Gasteiger partial charge in [-0.15, -0.1) is 0 Å². The number of amides is 1. The SMILES string of the molecule is CCCn1ccnc1SCC(=O)c1ccc([C@H](C)NC(C)=O)cc1. The van der Waals surface area contributed by atoms with Crippen LogP contribution in [-0.2, 0) is 11.3 Å². The minimum atomic E-state index is -0.0679. The van der Waals surface area contributed by atoms with E-state index >= 15 is 0 Å². The van der Waals surface area contributed by atoms with Crippen molar-refractivity contribution in [3.63, 3.8) is 0 Å². The van der Waals surface area contributed by atoms with E-state index < -0.39 is 0 Å². The normalized spacial score (nSPS) is 12.0. The summed E-state index contributed by atoms with van der Waals surface area (Å²) < 4.78 is 2.07. The lowest BCUT2D eigenvalue weighted by molar-refractivity contribution is -0.119. The number of ketones is 1. The summed E-state index contributed by atoms with van der Waals surface area (Å²) in [5.74, 6) is 0.368. The van der Waals surface area contributed by atoms with E-state index in [1.165, 1.54) is 18.7 Å². The van der Waals surface area contributed by atoms with Gasteiger partial charge in [0.2, 0.25) is 5.91 Å². The Hall–Kier alpha value is -2.08.